The highest BCUT2D eigenvalue weighted by molar-refractivity contribution is 6.31. The Balaban J connectivity index is 0.00000210. The molecule has 0 saturated carbocycles. The molecule has 0 fully saturated rings. The van der Waals surface area contributed by atoms with E-state index in [1.165, 1.54) is 0 Å². The number of nitrogens with one attached hydrogen (secondary N) is 2. The fraction of sp³-hybridized carbons (Fsp3) is 0.400. The van der Waals surface area contributed by atoms with Crippen LogP contribution in [0.1, 0.15) is 37.0 Å². The number of rotatable bonds is 7. The van der Waals surface area contributed by atoms with Crippen molar-refractivity contribution >= 4 is 34.2 Å². The highest BCUT2D eigenvalue weighted by Crippen LogP contribution is 2.27. The van der Waals surface area contributed by atoms with E-state index in [1.807, 2.05) is 40.0 Å². The second kappa shape index (κ2) is 8.05. The predicted octanol–water partition coefficient (Wildman–Crippen LogP) is 5.22. The molecule has 0 aliphatic rings. The highest BCUT2D eigenvalue weighted by atomic mass is 35.5. The minimum absolute atomic E-state index is 0. The Labute approximate surface area is 166 Å². The van der Waals surface area contributed by atoms with Gasteiger partial charge in [0.25, 0.3) is 0 Å². The second-order valence-electron chi connectivity index (χ2n) is 7.45. The number of hydrogen-bond acceptors (Lipinski definition) is 5. The van der Waals surface area contributed by atoms with Crippen molar-refractivity contribution in [1.29, 1.82) is 0 Å². The first-order valence-electron chi connectivity index (χ1n) is 9.10. The fourth-order valence-electron chi connectivity index (χ4n) is 3.04. The van der Waals surface area contributed by atoms with E-state index in [9.17, 15) is 4.79 Å². The molecular formula is C20H28ClN5O. The van der Waals surface area contributed by atoms with Crippen LogP contribution in [0.15, 0.2) is 30.7 Å². The van der Waals surface area contributed by atoms with Crippen molar-refractivity contribution in [2.24, 2.45) is 11.8 Å². The molecule has 0 bridgehead atoms. The Bertz CT molecular complexity index is 961. The number of hydrogen-bond donors (Lipinski definition) is 2. The summed E-state index contributed by atoms with van der Waals surface area (Å²) in [4.78, 5) is 29.0. The van der Waals surface area contributed by atoms with E-state index < -0.39 is 0 Å². The maximum atomic E-state index is 12.6. The van der Waals surface area contributed by atoms with Crippen LogP contribution in [-0.4, -0.2) is 31.8 Å². The summed E-state index contributed by atoms with van der Waals surface area (Å²) >= 11 is 6.08. The molecule has 0 spiro atoms. The SMILES string of the molecule is CC(C)CC(=O)[C@H](Nc1ccnc(-c2c[nH]c3ncc(Cl)cc23)n1)C(C)C.[HH].[HH]. The van der Waals surface area contributed by atoms with Crippen molar-refractivity contribution in [3.05, 3.63) is 35.7 Å². The van der Waals surface area contributed by atoms with Gasteiger partial charge >= 0.3 is 0 Å². The van der Waals surface area contributed by atoms with Crippen LogP contribution < -0.4 is 5.32 Å². The van der Waals surface area contributed by atoms with Gasteiger partial charge < -0.3 is 10.3 Å². The zero-order valence-electron chi connectivity index (χ0n) is 16.0. The van der Waals surface area contributed by atoms with Gasteiger partial charge in [0, 0.05) is 38.8 Å². The van der Waals surface area contributed by atoms with Gasteiger partial charge in [0.1, 0.15) is 11.5 Å². The first-order chi connectivity index (χ1) is 12.8. The lowest BCUT2D eigenvalue weighted by molar-refractivity contribution is -0.121. The predicted molar refractivity (Wildman–Crippen MR) is 113 cm³/mol. The smallest absolute Gasteiger partial charge is 0.163 e. The Hall–Kier alpha value is -2.47. The van der Waals surface area contributed by atoms with Crippen LogP contribution in [0.25, 0.3) is 22.4 Å². The van der Waals surface area contributed by atoms with Gasteiger partial charge in [-0.05, 0) is 24.0 Å². The van der Waals surface area contributed by atoms with E-state index in [1.54, 1.807) is 18.5 Å². The fourth-order valence-corrected chi connectivity index (χ4v) is 3.20. The van der Waals surface area contributed by atoms with Gasteiger partial charge in [0.05, 0.1) is 11.1 Å². The molecule has 7 heteroatoms. The average molecular weight is 390 g/mol. The molecule has 3 heterocycles. The van der Waals surface area contributed by atoms with Crippen molar-refractivity contribution in [3.8, 4) is 11.4 Å². The van der Waals surface area contributed by atoms with Crippen molar-refractivity contribution in [2.75, 3.05) is 5.32 Å². The summed E-state index contributed by atoms with van der Waals surface area (Å²) in [7, 11) is 0. The third-order valence-electron chi connectivity index (χ3n) is 4.32. The van der Waals surface area contributed by atoms with Crippen molar-refractivity contribution < 1.29 is 7.65 Å². The first-order valence-corrected chi connectivity index (χ1v) is 9.48. The van der Waals surface area contributed by atoms with E-state index >= 15 is 0 Å². The molecule has 0 saturated heterocycles. The summed E-state index contributed by atoms with van der Waals surface area (Å²) < 4.78 is 0. The number of halogens is 1. The molecule has 0 radical (unpaired) electrons. The zero-order valence-corrected chi connectivity index (χ0v) is 16.7. The number of aromatic nitrogens is 4. The van der Waals surface area contributed by atoms with Gasteiger partial charge in [-0.1, -0.05) is 39.3 Å². The molecule has 0 aliphatic heterocycles. The zero-order chi connectivity index (χ0) is 19.6. The van der Waals surface area contributed by atoms with Gasteiger partial charge in [-0.3, -0.25) is 4.79 Å². The van der Waals surface area contributed by atoms with Gasteiger partial charge in [0.15, 0.2) is 11.6 Å². The number of Topliss-reactive ketones (excluding diaryl/α,β-unsaturated/α-hetero) is 1. The highest BCUT2D eigenvalue weighted by Gasteiger charge is 2.23. The number of nitrogens with zero attached hydrogens (tertiary/aromatic N) is 3. The summed E-state index contributed by atoms with van der Waals surface area (Å²) in [6, 6.07) is 3.33. The van der Waals surface area contributed by atoms with Gasteiger partial charge in [0.2, 0.25) is 0 Å². The Morgan fingerprint density at radius 2 is 2.07 bits per heavy atom. The number of H-pyrrole nitrogens is 1. The number of fused-ring (bicyclic) bond motifs is 1. The van der Waals surface area contributed by atoms with E-state index in [4.69, 9.17) is 11.6 Å². The number of ketones is 1. The lowest BCUT2D eigenvalue weighted by Gasteiger charge is -2.22. The molecule has 3 aromatic rings. The number of carbonyl (C=O) groups excluding carboxylic acids is 1. The second-order valence-corrected chi connectivity index (χ2v) is 7.88. The summed E-state index contributed by atoms with van der Waals surface area (Å²) in [6.45, 7) is 8.17. The lowest BCUT2D eigenvalue weighted by Crippen LogP contribution is -2.35. The molecule has 0 aliphatic carbocycles. The van der Waals surface area contributed by atoms with Crippen molar-refractivity contribution in [2.45, 2.75) is 40.2 Å². The van der Waals surface area contributed by atoms with Gasteiger partial charge in [-0.15, -0.1) is 0 Å². The van der Waals surface area contributed by atoms with Crippen LogP contribution in [-0.2, 0) is 4.79 Å². The maximum Gasteiger partial charge on any atom is 0.163 e. The number of aromatic amines is 1. The van der Waals surface area contributed by atoms with Crippen LogP contribution in [0.2, 0.25) is 5.02 Å². The molecule has 27 heavy (non-hydrogen) atoms. The van der Waals surface area contributed by atoms with E-state index in [0.717, 1.165) is 16.6 Å². The van der Waals surface area contributed by atoms with Crippen LogP contribution in [0.3, 0.4) is 0 Å². The first kappa shape index (κ1) is 19.3. The summed E-state index contributed by atoms with van der Waals surface area (Å²) in [5, 5.41) is 4.70. The molecule has 0 unspecified atom stereocenters. The Kier molecular flexibility index (Phi) is 5.75. The normalized spacial score (nSPS) is 12.7. The quantitative estimate of drug-likeness (QED) is 0.578. The third kappa shape index (κ3) is 4.45. The lowest BCUT2D eigenvalue weighted by atomic mass is 9.94. The van der Waals surface area contributed by atoms with Gasteiger partial charge in [-0.2, -0.15) is 0 Å². The molecule has 2 N–H and O–H groups in total. The molecule has 3 rings (SSSR count). The van der Waals surface area contributed by atoms with E-state index in [-0.39, 0.29) is 20.6 Å². The van der Waals surface area contributed by atoms with Crippen LogP contribution in [0, 0.1) is 11.8 Å². The monoisotopic (exact) mass is 389 g/mol. The molecule has 3 aromatic heterocycles. The van der Waals surface area contributed by atoms with Crippen molar-refractivity contribution in [1.82, 2.24) is 19.9 Å². The van der Waals surface area contributed by atoms with Crippen LogP contribution in [0.5, 0.6) is 0 Å². The maximum absolute atomic E-state index is 12.6. The minimum Gasteiger partial charge on any atom is -0.360 e. The Morgan fingerprint density at radius 3 is 2.78 bits per heavy atom. The number of pyridine rings is 1. The summed E-state index contributed by atoms with van der Waals surface area (Å²) in [5.41, 5.74) is 1.54. The van der Waals surface area contributed by atoms with Crippen LogP contribution in [0.4, 0.5) is 5.82 Å². The van der Waals surface area contributed by atoms with Gasteiger partial charge in [-0.25, -0.2) is 15.0 Å². The van der Waals surface area contributed by atoms with E-state index in [0.29, 0.717) is 29.0 Å². The minimum atomic E-state index is -0.283. The van der Waals surface area contributed by atoms with Crippen LogP contribution >= 0.6 is 11.6 Å². The molecule has 6 nitrogen and oxygen atoms in total. The standard InChI is InChI=1S/C20H24ClN5O.2H2/c1-11(2)7-16(27)18(12(3)4)25-17-5-6-22-20(26-17)15-10-24-19-14(15)8-13(21)9-23-19;;/h5-6,8-12,18H,7H2,1-4H3,(H,23,24)(H,22,25,26);2*1H/t18-;;/m1../s1. The average Bonchev–Trinajstić information content (AvgIpc) is 3.02. The largest absolute Gasteiger partial charge is 0.360 e. The molecule has 146 valence electrons. The molecule has 1 atom stereocenters. The van der Waals surface area contributed by atoms with E-state index in [2.05, 4.69) is 25.3 Å². The number of carbonyl (C=O) groups is 1. The Morgan fingerprint density at radius 1 is 1.30 bits per heavy atom. The summed E-state index contributed by atoms with van der Waals surface area (Å²) in [5.74, 6) is 1.85. The molecule has 0 amide bonds. The third-order valence-corrected chi connectivity index (χ3v) is 4.53. The topological polar surface area (TPSA) is 83.6 Å². The van der Waals surface area contributed by atoms with Crippen molar-refractivity contribution in [3.63, 3.8) is 0 Å². The molecular weight excluding hydrogens is 362 g/mol. The number of anilines is 1. The molecule has 0 aromatic carbocycles. The summed E-state index contributed by atoms with van der Waals surface area (Å²) in [6.07, 6.45) is 5.64.